The molecule has 2 N–H and O–H groups in total. The van der Waals surface area contributed by atoms with Crippen LogP contribution in [0.5, 0.6) is 5.75 Å². The van der Waals surface area contributed by atoms with E-state index in [0.29, 0.717) is 17.0 Å². The summed E-state index contributed by atoms with van der Waals surface area (Å²) < 4.78 is 10.6. The lowest BCUT2D eigenvalue weighted by Crippen LogP contribution is -2.35. The second kappa shape index (κ2) is 5.93. The van der Waals surface area contributed by atoms with Crippen LogP contribution in [0.3, 0.4) is 0 Å². The van der Waals surface area contributed by atoms with E-state index in [1.54, 1.807) is 18.2 Å². The third-order valence-electron chi connectivity index (χ3n) is 3.41. The highest BCUT2D eigenvalue weighted by atomic mass is 16.5. The number of nitrogens with two attached hydrogens (primary N) is 1. The SMILES string of the molecule is COc1cc(C(=O)OC2CCN(C)CC2)ccc1N. The van der Waals surface area contributed by atoms with E-state index < -0.39 is 0 Å². The van der Waals surface area contributed by atoms with Crippen LogP contribution in [-0.2, 0) is 4.74 Å². The monoisotopic (exact) mass is 264 g/mol. The number of esters is 1. The summed E-state index contributed by atoms with van der Waals surface area (Å²) in [7, 11) is 3.60. The molecule has 1 aliphatic heterocycles. The standard InChI is InChI=1S/C14H20N2O3/c1-16-7-5-11(6-8-16)19-14(17)10-3-4-12(15)13(9-10)18-2/h3-4,9,11H,5-8,15H2,1-2H3. The van der Waals surface area contributed by atoms with Gasteiger partial charge in [0.1, 0.15) is 11.9 Å². The molecule has 0 aromatic heterocycles. The first-order valence-corrected chi connectivity index (χ1v) is 6.43. The molecule has 1 saturated heterocycles. The number of piperidine rings is 1. The van der Waals surface area contributed by atoms with Gasteiger partial charge in [-0.25, -0.2) is 4.79 Å². The van der Waals surface area contributed by atoms with E-state index in [0.717, 1.165) is 25.9 Å². The van der Waals surface area contributed by atoms with Crippen molar-refractivity contribution in [3.8, 4) is 5.75 Å². The number of nitrogen functional groups attached to an aromatic ring is 1. The molecule has 0 radical (unpaired) electrons. The van der Waals surface area contributed by atoms with Gasteiger partial charge in [0.05, 0.1) is 18.4 Å². The number of nitrogens with zero attached hydrogens (tertiary/aromatic N) is 1. The summed E-state index contributed by atoms with van der Waals surface area (Å²) in [5, 5.41) is 0. The number of rotatable bonds is 3. The number of hydrogen-bond acceptors (Lipinski definition) is 5. The Morgan fingerprint density at radius 1 is 1.37 bits per heavy atom. The van der Waals surface area contributed by atoms with Gasteiger partial charge in [0.15, 0.2) is 0 Å². The van der Waals surface area contributed by atoms with Gasteiger partial charge in [0.25, 0.3) is 0 Å². The van der Waals surface area contributed by atoms with Crippen molar-refractivity contribution in [2.75, 3.05) is 33.0 Å². The first-order valence-electron chi connectivity index (χ1n) is 6.43. The number of carbonyl (C=O) groups is 1. The Kier molecular flexibility index (Phi) is 4.27. The topological polar surface area (TPSA) is 64.8 Å². The van der Waals surface area contributed by atoms with Gasteiger partial charge in [-0.1, -0.05) is 0 Å². The Morgan fingerprint density at radius 2 is 2.05 bits per heavy atom. The molecule has 0 spiro atoms. The summed E-state index contributed by atoms with van der Waals surface area (Å²) in [6.07, 6.45) is 1.77. The Balaban J connectivity index is 2.00. The second-order valence-electron chi connectivity index (χ2n) is 4.86. The summed E-state index contributed by atoms with van der Waals surface area (Å²) in [6, 6.07) is 4.94. The number of ether oxygens (including phenoxy) is 2. The van der Waals surface area contributed by atoms with Crippen molar-refractivity contribution in [1.29, 1.82) is 0 Å². The highest BCUT2D eigenvalue weighted by Crippen LogP contribution is 2.23. The fourth-order valence-corrected chi connectivity index (χ4v) is 2.16. The summed E-state index contributed by atoms with van der Waals surface area (Å²) in [6.45, 7) is 1.92. The average Bonchev–Trinajstić information content (AvgIpc) is 2.42. The predicted octanol–water partition coefficient (Wildman–Crippen LogP) is 1.53. The van der Waals surface area contributed by atoms with Gasteiger partial charge in [-0.2, -0.15) is 0 Å². The number of benzene rings is 1. The van der Waals surface area contributed by atoms with E-state index in [4.69, 9.17) is 15.2 Å². The minimum atomic E-state index is -0.312. The van der Waals surface area contributed by atoms with Crippen molar-refractivity contribution in [3.63, 3.8) is 0 Å². The Bertz CT molecular complexity index is 454. The van der Waals surface area contributed by atoms with Gasteiger partial charge in [-0.3, -0.25) is 0 Å². The van der Waals surface area contributed by atoms with Crippen LogP contribution in [0.2, 0.25) is 0 Å². The normalized spacial score (nSPS) is 17.2. The van der Waals surface area contributed by atoms with Crippen LogP contribution < -0.4 is 10.5 Å². The zero-order valence-corrected chi connectivity index (χ0v) is 11.4. The molecular formula is C14H20N2O3. The fourth-order valence-electron chi connectivity index (χ4n) is 2.16. The minimum absolute atomic E-state index is 0.00671. The number of likely N-dealkylation sites (tertiary alicyclic amines) is 1. The lowest BCUT2D eigenvalue weighted by molar-refractivity contribution is 0.0139. The molecular weight excluding hydrogens is 244 g/mol. The minimum Gasteiger partial charge on any atom is -0.495 e. The molecule has 1 heterocycles. The second-order valence-corrected chi connectivity index (χ2v) is 4.86. The first-order chi connectivity index (χ1) is 9.10. The maximum absolute atomic E-state index is 12.0. The van der Waals surface area contributed by atoms with E-state index in [2.05, 4.69) is 11.9 Å². The highest BCUT2D eigenvalue weighted by Gasteiger charge is 2.21. The number of carbonyl (C=O) groups excluding carboxylic acids is 1. The molecule has 1 aliphatic rings. The molecule has 1 fully saturated rings. The first kappa shape index (κ1) is 13.7. The van der Waals surface area contributed by atoms with Crippen LogP contribution in [0.1, 0.15) is 23.2 Å². The molecule has 0 amide bonds. The van der Waals surface area contributed by atoms with Crippen LogP contribution in [0, 0.1) is 0 Å². The number of hydrogen-bond donors (Lipinski definition) is 1. The summed E-state index contributed by atoms with van der Waals surface area (Å²) in [5.41, 5.74) is 6.71. The highest BCUT2D eigenvalue weighted by molar-refractivity contribution is 5.90. The van der Waals surface area contributed by atoms with Crippen molar-refractivity contribution in [2.45, 2.75) is 18.9 Å². The van der Waals surface area contributed by atoms with Gasteiger partial charge in [-0.15, -0.1) is 0 Å². The molecule has 0 aliphatic carbocycles. The molecule has 2 rings (SSSR count). The van der Waals surface area contributed by atoms with Crippen molar-refractivity contribution in [2.24, 2.45) is 0 Å². The molecule has 5 nitrogen and oxygen atoms in total. The van der Waals surface area contributed by atoms with Crippen LogP contribution >= 0.6 is 0 Å². The zero-order valence-electron chi connectivity index (χ0n) is 11.4. The molecule has 104 valence electrons. The Hall–Kier alpha value is -1.75. The molecule has 0 unspecified atom stereocenters. The largest absolute Gasteiger partial charge is 0.495 e. The quantitative estimate of drug-likeness (QED) is 0.662. The van der Waals surface area contributed by atoms with Crippen molar-refractivity contribution < 1.29 is 14.3 Å². The fraction of sp³-hybridized carbons (Fsp3) is 0.500. The summed E-state index contributed by atoms with van der Waals surface area (Å²) >= 11 is 0. The molecule has 0 saturated carbocycles. The maximum Gasteiger partial charge on any atom is 0.338 e. The van der Waals surface area contributed by atoms with Gasteiger partial charge >= 0.3 is 5.97 Å². The lowest BCUT2D eigenvalue weighted by atomic mass is 10.1. The molecule has 5 heteroatoms. The van der Waals surface area contributed by atoms with Crippen molar-refractivity contribution in [1.82, 2.24) is 4.90 Å². The Labute approximate surface area is 113 Å². The molecule has 1 aromatic carbocycles. The molecule has 1 aromatic rings. The Morgan fingerprint density at radius 3 is 2.68 bits per heavy atom. The van der Waals surface area contributed by atoms with Crippen LogP contribution in [0.15, 0.2) is 18.2 Å². The van der Waals surface area contributed by atoms with Gasteiger partial charge in [0.2, 0.25) is 0 Å². The summed E-state index contributed by atoms with van der Waals surface area (Å²) in [5.74, 6) is 0.186. The maximum atomic E-state index is 12.0. The lowest BCUT2D eigenvalue weighted by Gasteiger charge is -2.28. The number of methoxy groups -OCH3 is 1. The van der Waals surface area contributed by atoms with Crippen molar-refractivity contribution >= 4 is 11.7 Å². The van der Waals surface area contributed by atoms with Crippen LogP contribution in [0.25, 0.3) is 0 Å². The molecule has 19 heavy (non-hydrogen) atoms. The van der Waals surface area contributed by atoms with E-state index in [-0.39, 0.29) is 12.1 Å². The third-order valence-corrected chi connectivity index (χ3v) is 3.41. The van der Waals surface area contributed by atoms with E-state index in [1.165, 1.54) is 7.11 Å². The average molecular weight is 264 g/mol. The smallest absolute Gasteiger partial charge is 0.338 e. The summed E-state index contributed by atoms with van der Waals surface area (Å²) in [4.78, 5) is 14.3. The third kappa shape index (κ3) is 3.38. The number of anilines is 1. The van der Waals surface area contributed by atoms with Crippen molar-refractivity contribution in [3.05, 3.63) is 23.8 Å². The zero-order chi connectivity index (χ0) is 13.8. The molecule has 0 bridgehead atoms. The van der Waals surface area contributed by atoms with Gasteiger partial charge < -0.3 is 20.1 Å². The van der Waals surface area contributed by atoms with Gasteiger partial charge in [-0.05, 0) is 38.1 Å². The molecule has 0 atom stereocenters. The van der Waals surface area contributed by atoms with Gasteiger partial charge in [0, 0.05) is 13.1 Å². The van der Waals surface area contributed by atoms with Crippen LogP contribution in [-0.4, -0.2) is 44.2 Å². The predicted molar refractivity (Wildman–Crippen MR) is 73.3 cm³/mol. The van der Waals surface area contributed by atoms with E-state index >= 15 is 0 Å². The van der Waals surface area contributed by atoms with Crippen LogP contribution in [0.4, 0.5) is 5.69 Å². The van der Waals surface area contributed by atoms with E-state index in [9.17, 15) is 4.79 Å². The van der Waals surface area contributed by atoms with E-state index in [1.807, 2.05) is 0 Å².